The number of benzene rings is 1. The molecule has 2 atom stereocenters. The van der Waals surface area contributed by atoms with Crippen molar-refractivity contribution in [3.05, 3.63) is 40.8 Å². The van der Waals surface area contributed by atoms with Crippen molar-refractivity contribution in [1.82, 2.24) is 9.62 Å². The van der Waals surface area contributed by atoms with Crippen molar-refractivity contribution in [2.75, 3.05) is 19.4 Å². The number of hydrogen-bond donors (Lipinski definition) is 3. The van der Waals surface area contributed by atoms with E-state index in [1.807, 2.05) is 33.8 Å². The highest BCUT2D eigenvalue weighted by Crippen LogP contribution is 2.35. The summed E-state index contributed by atoms with van der Waals surface area (Å²) in [6.07, 6.45) is 0. The zero-order valence-corrected chi connectivity index (χ0v) is 21.3. The molecule has 1 aliphatic heterocycles. The van der Waals surface area contributed by atoms with Crippen molar-refractivity contribution < 1.29 is 22.2 Å². The number of anilines is 1. The number of phenolic OH excluding ortho intramolecular Hbond substituents is 1. The number of nitrogens with one attached hydrogen (secondary N) is 2. The van der Waals surface area contributed by atoms with Gasteiger partial charge in [0.15, 0.2) is 17.4 Å². The lowest BCUT2D eigenvalue weighted by Gasteiger charge is -2.22. The average Bonchev–Trinajstić information content (AvgIpc) is 3.22. The molecule has 0 bridgehead atoms. The summed E-state index contributed by atoms with van der Waals surface area (Å²) in [5.41, 5.74) is 1.50. The SMILES string of the molecule is Cc1cc([C@H](NC2=NS(=O)N=C2Nc2ccc(C)c(S(=O)(=O)N(C)C)c2O)C(C)C)oc1C. The van der Waals surface area contributed by atoms with Crippen molar-refractivity contribution in [2.24, 2.45) is 14.7 Å². The van der Waals surface area contributed by atoms with Gasteiger partial charge in [-0.1, -0.05) is 19.9 Å². The minimum atomic E-state index is -3.90. The highest BCUT2D eigenvalue weighted by Gasteiger charge is 2.30. The monoisotopic (exact) mass is 495 g/mol. The molecular formula is C21H29N5O5S2. The Morgan fingerprint density at radius 3 is 2.27 bits per heavy atom. The van der Waals surface area contributed by atoms with E-state index < -0.39 is 26.9 Å². The van der Waals surface area contributed by atoms with Crippen molar-refractivity contribution in [3.63, 3.8) is 0 Å². The fourth-order valence-corrected chi connectivity index (χ4v) is 5.14. The number of amidine groups is 2. The van der Waals surface area contributed by atoms with Crippen LogP contribution in [0.25, 0.3) is 0 Å². The Kier molecular flexibility index (Phi) is 7.01. The van der Waals surface area contributed by atoms with Crippen LogP contribution in [0.2, 0.25) is 0 Å². The van der Waals surface area contributed by atoms with Crippen molar-refractivity contribution in [2.45, 2.75) is 45.6 Å². The third kappa shape index (κ3) is 4.97. The second-order valence-electron chi connectivity index (χ2n) is 8.38. The van der Waals surface area contributed by atoms with E-state index in [-0.39, 0.29) is 34.2 Å². The minimum Gasteiger partial charge on any atom is -0.504 e. The Balaban J connectivity index is 1.94. The van der Waals surface area contributed by atoms with Gasteiger partial charge in [0.25, 0.3) is 11.2 Å². The summed E-state index contributed by atoms with van der Waals surface area (Å²) in [5.74, 6) is 1.48. The standard InChI is InChI=1S/C21H29N5O5S2/c1-11(2)17(16-10-13(4)14(5)31-16)23-21-20(24-32(28)25-21)22-15-9-8-12(3)19(18(15)27)33(29,30)26(6)7/h8-11,17,27H,1-7H3,(H,22,24)(H,23,25)/t17-,32?/m1/s1. The number of aromatic hydroxyl groups is 1. The number of sulfonamides is 1. The molecule has 1 aliphatic rings. The third-order valence-electron chi connectivity index (χ3n) is 5.33. The maximum Gasteiger partial charge on any atom is 0.269 e. The fraction of sp³-hybridized carbons (Fsp3) is 0.429. The number of furan rings is 1. The molecule has 0 amide bonds. The highest BCUT2D eigenvalue weighted by atomic mass is 32.2. The quantitative estimate of drug-likeness (QED) is 0.524. The van der Waals surface area contributed by atoms with Gasteiger partial charge in [0.2, 0.25) is 10.0 Å². The summed E-state index contributed by atoms with van der Waals surface area (Å²) in [5, 5.41) is 16.9. The van der Waals surface area contributed by atoms with E-state index in [2.05, 4.69) is 19.4 Å². The van der Waals surface area contributed by atoms with Crippen molar-refractivity contribution >= 4 is 38.6 Å². The van der Waals surface area contributed by atoms with Crippen molar-refractivity contribution in [1.29, 1.82) is 0 Å². The number of phenols is 1. The van der Waals surface area contributed by atoms with E-state index in [0.29, 0.717) is 11.3 Å². The van der Waals surface area contributed by atoms with Crippen LogP contribution in [0.1, 0.15) is 42.5 Å². The highest BCUT2D eigenvalue weighted by molar-refractivity contribution is 7.89. The first kappa shape index (κ1) is 24.9. The van der Waals surface area contributed by atoms with Crippen LogP contribution in [0.5, 0.6) is 5.75 Å². The molecule has 0 spiro atoms. The first-order valence-corrected chi connectivity index (χ1v) is 12.8. The Morgan fingerprint density at radius 1 is 1.09 bits per heavy atom. The van der Waals surface area contributed by atoms with Crippen molar-refractivity contribution in [3.8, 4) is 5.75 Å². The molecule has 2 aromatic rings. The lowest BCUT2D eigenvalue weighted by atomic mass is 10.0. The van der Waals surface area contributed by atoms with Crippen LogP contribution < -0.4 is 10.6 Å². The molecule has 1 aromatic carbocycles. The average molecular weight is 496 g/mol. The van der Waals surface area contributed by atoms with Gasteiger partial charge in [-0.05, 0) is 49.9 Å². The van der Waals surface area contributed by atoms with Crippen LogP contribution >= 0.6 is 0 Å². The molecule has 3 rings (SSSR count). The minimum absolute atomic E-state index is 0.0950. The summed E-state index contributed by atoms with van der Waals surface area (Å²) in [6.45, 7) is 9.44. The van der Waals surface area contributed by atoms with Gasteiger partial charge >= 0.3 is 0 Å². The molecule has 2 heterocycles. The molecule has 12 heteroatoms. The van der Waals surface area contributed by atoms with Gasteiger partial charge in [-0.25, -0.2) is 16.9 Å². The first-order valence-electron chi connectivity index (χ1n) is 10.3. The third-order valence-corrected chi connectivity index (χ3v) is 8.00. The maximum atomic E-state index is 12.7. The number of aryl methyl sites for hydroxylation is 3. The first-order chi connectivity index (χ1) is 15.3. The number of hydrogen-bond acceptors (Lipinski definition) is 7. The zero-order valence-electron chi connectivity index (χ0n) is 19.6. The molecule has 3 N–H and O–H groups in total. The Labute approximate surface area is 196 Å². The van der Waals surface area contributed by atoms with Gasteiger partial charge < -0.3 is 20.2 Å². The summed E-state index contributed by atoms with van der Waals surface area (Å²) >= 11 is -1.87. The van der Waals surface area contributed by atoms with E-state index >= 15 is 0 Å². The summed E-state index contributed by atoms with van der Waals surface area (Å²) in [6, 6.07) is 4.75. The maximum absolute atomic E-state index is 12.7. The molecule has 10 nitrogen and oxygen atoms in total. The molecule has 0 fully saturated rings. The van der Waals surface area contributed by atoms with Crippen LogP contribution in [0, 0.1) is 26.7 Å². The lowest BCUT2D eigenvalue weighted by molar-refractivity contribution is 0.369. The van der Waals surface area contributed by atoms with E-state index in [1.165, 1.54) is 20.2 Å². The molecule has 1 unspecified atom stereocenters. The van der Waals surface area contributed by atoms with Crippen LogP contribution in [-0.2, 0) is 21.2 Å². The normalized spacial score (nSPS) is 17.3. The second-order valence-corrected chi connectivity index (χ2v) is 11.3. The van der Waals surface area contributed by atoms with Gasteiger partial charge in [0, 0.05) is 14.1 Å². The van der Waals surface area contributed by atoms with Crippen LogP contribution in [0.3, 0.4) is 0 Å². The summed E-state index contributed by atoms with van der Waals surface area (Å²) < 4.78 is 52.5. The Bertz CT molecular complexity index is 1240. The van der Waals surface area contributed by atoms with E-state index in [9.17, 15) is 17.7 Å². The second kappa shape index (κ2) is 9.27. The van der Waals surface area contributed by atoms with Gasteiger partial charge in [-0.2, -0.15) is 0 Å². The molecule has 180 valence electrons. The van der Waals surface area contributed by atoms with Crippen LogP contribution in [0.4, 0.5) is 5.69 Å². The molecule has 0 saturated carbocycles. The van der Waals surface area contributed by atoms with Gasteiger partial charge in [0.1, 0.15) is 16.4 Å². The fourth-order valence-electron chi connectivity index (χ4n) is 3.32. The largest absolute Gasteiger partial charge is 0.504 e. The smallest absolute Gasteiger partial charge is 0.269 e. The Hall–Kier alpha value is -2.70. The molecule has 33 heavy (non-hydrogen) atoms. The molecule has 1 aromatic heterocycles. The number of nitrogens with zero attached hydrogens (tertiary/aromatic N) is 3. The predicted molar refractivity (Wildman–Crippen MR) is 129 cm³/mol. The Morgan fingerprint density at radius 2 is 1.73 bits per heavy atom. The summed E-state index contributed by atoms with van der Waals surface area (Å²) in [4.78, 5) is -0.217. The topological polar surface area (TPSA) is 137 Å². The predicted octanol–water partition coefficient (Wildman–Crippen LogP) is 2.95. The van der Waals surface area contributed by atoms with E-state index in [1.54, 1.807) is 13.0 Å². The molecular weight excluding hydrogens is 466 g/mol. The van der Waals surface area contributed by atoms with Crippen LogP contribution in [-0.4, -0.2) is 47.8 Å². The summed E-state index contributed by atoms with van der Waals surface area (Å²) in [7, 11) is -1.13. The van der Waals surface area contributed by atoms with Gasteiger partial charge in [-0.15, -0.1) is 8.80 Å². The molecule has 0 radical (unpaired) electrons. The van der Waals surface area contributed by atoms with E-state index in [4.69, 9.17) is 4.42 Å². The lowest BCUT2D eigenvalue weighted by Crippen LogP contribution is -2.38. The molecule has 0 aliphatic carbocycles. The van der Waals surface area contributed by atoms with Crippen LogP contribution in [0.15, 0.2) is 36.3 Å². The van der Waals surface area contributed by atoms with Gasteiger partial charge in [0.05, 0.1) is 11.7 Å². The van der Waals surface area contributed by atoms with Gasteiger partial charge in [-0.3, -0.25) is 0 Å². The number of rotatable bonds is 6. The van der Waals surface area contributed by atoms with E-state index in [0.717, 1.165) is 15.6 Å². The zero-order chi connectivity index (χ0) is 24.7. The molecule has 0 saturated heterocycles.